The average molecular weight is 383 g/mol. The standard InChI is InChI=1S/C19H20Cl2O2S/c1-12-16(15-7-4-6-14(10-15)11-22)13(2)18(21)19(17(12)20)23-8-5-9-24-3/h4,6-7,10-11H,5,8-9H2,1-3H3. The summed E-state index contributed by atoms with van der Waals surface area (Å²) in [5.74, 6) is 1.58. The van der Waals surface area contributed by atoms with Gasteiger partial charge in [0.1, 0.15) is 6.29 Å². The summed E-state index contributed by atoms with van der Waals surface area (Å²) in [6.07, 6.45) is 3.84. The van der Waals surface area contributed by atoms with E-state index in [1.807, 2.05) is 32.0 Å². The van der Waals surface area contributed by atoms with Crippen molar-refractivity contribution < 1.29 is 9.53 Å². The molecule has 0 saturated heterocycles. The predicted molar refractivity (Wildman–Crippen MR) is 105 cm³/mol. The Morgan fingerprint density at radius 3 is 2.42 bits per heavy atom. The van der Waals surface area contributed by atoms with Gasteiger partial charge in [-0.1, -0.05) is 41.4 Å². The van der Waals surface area contributed by atoms with Crippen molar-refractivity contribution in [3.63, 3.8) is 0 Å². The Bertz CT molecular complexity index is 715. The van der Waals surface area contributed by atoms with Crippen LogP contribution in [-0.4, -0.2) is 24.9 Å². The molecule has 2 aromatic rings. The number of hydrogen-bond donors (Lipinski definition) is 0. The van der Waals surface area contributed by atoms with Gasteiger partial charge < -0.3 is 4.74 Å². The smallest absolute Gasteiger partial charge is 0.157 e. The fourth-order valence-corrected chi connectivity index (χ4v) is 3.58. The van der Waals surface area contributed by atoms with Gasteiger partial charge in [-0.3, -0.25) is 4.79 Å². The Labute approximate surface area is 157 Å². The molecular weight excluding hydrogens is 363 g/mol. The van der Waals surface area contributed by atoms with Gasteiger partial charge in [-0.2, -0.15) is 11.8 Å². The quantitative estimate of drug-likeness (QED) is 0.419. The number of thioether (sulfide) groups is 1. The minimum Gasteiger partial charge on any atom is -0.490 e. The van der Waals surface area contributed by atoms with Gasteiger partial charge in [0.25, 0.3) is 0 Å². The first-order valence-electron chi connectivity index (χ1n) is 7.66. The molecule has 0 fully saturated rings. The molecule has 0 aromatic heterocycles. The summed E-state index contributed by atoms with van der Waals surface area (Å²) in [6.45, 7) is 4.48. The van der Waals surface area contributed by atoms with Crippen LogP contribution >= 0.6 is 35.0 Å². The number of rotatable bonds is 7. The molecule has 2 nitrogen and oxygen atoms in total. The fourth-order valence-electron chi connectivity index (χ4n) is 2.64. The normalized spacial score (nSPS) is 10.7. The van der Waals surface area contributed by atoms with E-state index in [-0.39, 0.29) is 0 Å². The third-order valence-electron chi connectivity index (χ3n) is 3.86. The second-order valence-corrected chi connectivity index (χ2v) is 7.26. The van der Waals surface area contributed by atoms with Crippen LogP contribution in [0.2, 0.25) is 10.0 Å². The molecule has 24 heavy (non-hydrogen) atoms. The van der Waals surface area contributed by atoms with Crippen molar-refractivity contribution >= 4 is 41.2 Å². The summed E-state index contributed by atoms with van der Waals surface area (Å²) in [5, 5.41) is 1.06. The zero-order valence-corrected chi connectivity index (χ0v) is 16.3. The zero-order chi connectivity index (χ0) is 17.7. The zero-order valence-electron chi connectivity index (χ0n) is 14.0. The van der Waals surface area contributed by atoms with E-state index < -0.39 is 0 Å². The lowest BCUT2D eigenvalue weighted by Crippen LogP contribution is -2.03. The van der Waals surface area contributed by atoms with Crippen molar-refractivity contribution in [3.05, 3.63) is 51.0 Å². The van der Waals surface area contributed by atoms with Crippen LogP contribution in [0.15, 0.2) is 24.3 Å². The number of halogens is 2. The van der Waals surface area contributed by atoms with Gasteiger partial charge in [0.05, 0.1) is 16.7 Å². The predicted octanol–water partition coefficient (Wildman–Crippen LogP) is 6.22. The molecule has 0 unspecified atom stereocenters. The van der Waals surface area contributed by atoms with Crippen molar-refractivity contribution in [1.29, 1.82) is 0 Å². The number of ether oxygens (including phenoxy) is 1. The van der Waals surface area contributed by atoms with E-state index in [0.717, 1.165) is 40.7 Å². The number of carbonyl (C=O) groups is 1. The van der Waals surface area contributed by atoms with Crippen molar-refractivity contribution in [2.24, 2.45) is 0 Å². The average Bonchev–Trinajstić information content (AvgIpc) is 2.60. The van der Waals surface area contributed by atoms with Crippen molar-refractivity contribution in [3.8, 4) is 16.9 Å². The fraction of sp³-hybridized carbons (Fsp3) is 0.316. The lowest BCUT2D eigenvalue weighted by Gasteiger charge is -2.19. The molecule has 2 rings (SSSR count). The molecule has 0 spiro atoms. The van der Waals surface area contributed by atoms with E-state index in [1.54, 1.807) is 17.8 Å². The van der Waals surface area contributed by atoms with Crippen molar-refractivity contribution in [1.82, 2.24) is 0 Å². The highest BCUT2D eigenvalue weighted by Crippen LogP contribution is 2.44. The highest BCUT2D eigenvalue weighted by Gasteiger charge is 2.20. The molecule has 0 bridgehead atoms. The maximum absolute atomic E-state index is 11.0. The molecule has 0 heterocycles. The van der Waals surface area contributed by atoms with Gasteiger partial charge in [-0.05, 0) is 60.6 Å². The summed E-state index contributed by atoms with van der Waals surface area (Å²) in [7, 11) is 0. The molecule has 0 saturated carbocycles. The SMILES string of the molecule is CSCCCOc1c(Cl)c(C)c(-c2cccc(C=O)c2)c(C)c1Cl. The second kappa shape index (κ2) is 8.80. The monoisotopic (exact) mass is 382 g/mol. The van der Waals surface area contributed by atoms with E-state index in [0.29, 0.717) is 28.0 Å². The first kappa shape index (κ1) is 19.2. The summed E-state index contributed by atoms with van der Waals surface area (Å²) in [4.78, 5) is 11.0. The number of aldehydes is 1. The molecule has 5 heteroatoms. The minimum absolute atomic E-state index is 0.529. The number of benzene rings is 2. The van der Waals surface area contributed by atoms with E-state index in [2.05, 4.69) is 6.26 Å². The molecule has 128 valence electrons. The van der Waals surface area contributed by atoms with Crippen LogP contribution in [0.3, 0.4) is 0 Å². The van der Waals surface area contributed by atoms with Crippen LogP contribution in [0, 0.1) is 13.8 Å². The highest BCUT2D eigenvalue weighted by molar-refractivity contribution is 7.98. The largest absolute Gasteiger partial charge is 0.490 e. The molecule has 2 aromatic carbocycles. The van der Waals surface area contributed by atoms with Crippen LogP contribution in [0.4, 0.5) is 0 Å². The molecule has 0 amide bonds. The summed E-state index contributed by atoms with van der Waals surface area (Å²) >= 11 is 14.8. The molecule has 0 aliphatic rings. The van der Waals surface area contributed by atoms with Gasteiger partial charge in [0.15, 0.2) is 5.75 Å². The van der Waals surface area contributed by atoms with Crippen LogP contribution in [-0.2, 0) is 0 Å². The Morgan fingerprint density at radius 1 is 1.17 bits per heavy atom. The molecule has 0 atom stereocenters. The molecular formula is C19H20Cl2O2S. The van der Waals surface area contributed by atoms with E-state index in [4.69, 9.17) is 27.9 Å². The molecule has 0 N–H and O–H groups in total. The summed E-state index contributed by atoms with van der Waals surface area (Å²) < 4.78 is 5.83. The van der Waals surface area contributed by atoms with Crippen LogP contribution in [0.5, 0.6) is 5.75 Å². The van der Waals surface area contributed by atoms with Gasteiger partial charge in [-0.25, -0.2) is 0 Å². The number of hydrogen-bond acceptors (Lipinski definition) is 3. The van der Waals surface area contributed by atoms with E-state index in [9.17, 15) is 4.79 Å². The molecule has 0 radical (unpaired) electrons. The maximum Gasteiger partial charge on any atom is 0.157 e. The lowest BCUT2D eigenvalue weighted by atomic mass is 9.94. The summed E-state index contributed by atoms with van der Waals surface area (Å²) in [5.41, 5.74) is 4.30. The lowest BCUT2D eigenvalue weighted by molar-refractivity contribution is 0.112. The van der Waals surface area contributed by atoms with Gasteiger partial charge >= 0.3 is 0 Å². The first-order chi connectivity index (χ1) is 11.5. The maximum atomic E-state index is 11.0. The molecule has 0 aliphatic heterocycles. The third kappa shape index (κ3) is 4.08. The summed E-state index contributed by atoms with van der Waals surface area (Å²) in [6, 6.07) is 7.42. The second-order valence-electron chi connectivity index (χ2n) is 5.52. The Kier molecular flexibility index (Phi) is 7.02. The topological polar surface area (TPSA) is 26.3 Å². The van der Waals surface area contributed by atoms with Gasteiger partial charge in [-0.15, -0.1) is 0 Å². The Balaban J connectivity index is 2.46. The van der Waals surface area contributed by atoms with Crippen LogP contribution in [0.1, 0.15) is 27.9 Å². The minimum atomic E-state index is 0.529. The number of carbonyl (C=O) groups excluding carboxylic acids is 1. The van der Waals surface area contributed by atoms with E-state index >= 15 is 0 Å². The Hall–Kier alpha value is -1.16. The van der Waals surface area contributed by atoms with Crippen LogP contribution in [0.25, 0.3) is 11.1 Å². The highest BCUT2D eigenvalue weighted by atomic mass is 35.5. The first-order valence-corrected chi connectivity index (χ1v) is 9.81. The van der Waals surface area contributed by atoms with Gasteiger partial charge in [0.2, 0.25) is 0 Å². The molecule has 0 aliphatic carbocycles. The third-order valence-corrected chi connectivity index (χ3v) is 5.46. The van der Waals surface area contributed by atoms with Crippen molar-refractivity contribution in [2.45, 2.75) is 20.3 Å². The van der Waals surface area contributed by atoms with Gasteiger partial charge in [0, 0.05) is 5.56 Å². The van der Waals surface area contributed by atoms with E-state index in [1.165, 1.54) is 0 Å². The van der Waals surface area contributed by atoms with Crippen molar-refractivity contribution in [2.75, 3.05) is 18.6 Å². The Morgan fingerprint density at radius 2 is 1.83 bits per heavy atom. The van der Waals surface area contributed by atoms with Crippen LogP contribution < -0.4 is 4.74 Å².